The number of nitrogens with one attached hydrogen (secondary N) is 2. The zero-order valence-corrected chi connectivity index (χ0v) is 12.8. The molecule has 2 atom stereocenters. The number of rotatable bonds is 2. The summed E-state index contributed by atoms with van der Waals surface area (Å²) in [7, 11) is 0. The molecule has 0 aromatic carbocycles. The monoisotopic (exact) mass is 300 g/mol. The molecule has 3 rings (SSSR count). The van der Waals surface area contributed by atoms with E-state index in [0.29, 0.717) is 11.9 Å². The Balaban J connectivity index is 1.72. The van der Waals surface area contributed by atoms with Crippen molar-refractivity contribution < 1.29 is 4.39 Å². The zero-order valence-electron chi connectivity index (χ0n) is 12.0. The Morgan fingerprint density at radius 1 is 1.50 bits per heavy atom. The molecule has 2 unspecified atom stereocenters. The van der Waals surface area contributed by atoms with Crippen LogP contribution in [0.25, 0.3) is 0 Å². The van der Waals surface area contributed by atoms with Crippen LogP contribution in [0.1, 0.15) is 39.5 Å². The van der Waals surface area contributed by atoms with E-state index in [2.05, 4.69) is 34.4 Å². The van der Waals surface area contributed by atoms with Gasteiger partial charge in [-0.1, -0.05) is 0 Å². The molecule has 0 aliphatic carbocycles. The van der Waals surface area contributed by atoms with Crippen molar-refractivity contribution >= 4 is 16.9 Å². The van der Waals surface area contributed by atoms with Crippen molar-refractivity contribution in [2.45, 2.75) is 57.2 Å². The van der Waals surface area contributed by atoms with Crippen LogP contribution < -0.4 is 10.6 Å². The van der Waals surface area contributed by atoms with Gasteiger partial charge in [-0.25, -0.2) is 4.39 Å². The van der Waals surface area contributed by atoms with Crippen molar-refractivity contribution in [2.75, 3.05) is 13.1 Å². The van der Waals surface area contributed by atoms with Crippen molar-refractivity contribution in [2.24, 2.45) is 4.99 Å². The summed E-state index contributed by atoms with van der Waals surface area (Å²) in [5.41, 5.74) is 0.161. The second kappa shape index (κ2) is 5.19. The summed E-state index contributed by atoms with van der Waals surface area (Å²) >= 11 is 5.83. The van der Waals surface area contributed by atoms with E-state index in [1.54, 1.807) is 0 Å². The van der Waals surface area contributed by atoms with Crippen LogP contribution in [0.3, 0.4) is 0 Å². The van der Waals surface area contributed by atoms with Crippen LogP contribution >= 0.6 is 11.6 Å². The van der Waals surface area contributed by atoms with Crippen molar-refractivity contribution in [3.8, 4) is 0 Å². The van der Waals surface area contributed by atoms with Crippen LogP contribution in [-0.2, 0) is 0 Å². The first-order chi connectivity index (χ1) is 9.45. The number of hydrogen-bond donors (Lipinski definition) is 2. The Hall–Kier alpha value is -0.810. The van der Waals surface area contributed by atoms with Crippen LogP contribution in [0.2, 0.25) is 0 Å². The number of hydrogen-bond acceptors (Lipinski definition) is 4. The fourth-order valence-electron chi connectivity index (χ4n) is 3.86. The predicted molar refractivity (Wildman–Crippen MR) is 79.4 cm³/mol. The van der Waals surface area contributed by atoms with Gasteiger partial charge in [0.05, 0.1) is 6.54 Å². The van der Waals surface area contributed by atoms with Gasteiger partial charge in [0.2, 0.25) is 0 Å². The maximum absolute atomic E-state index is 13.8. The third kappa shape index (κ3) is 2.66. The molecule has 0 aromatic rings. The van der Waals surface area contributed by atoms with Crippen molar-refractivity contribution in [1.82, 2.24) is 15.5 Å². The van der Waals surface area contributed by atoms with Crippen LogP contribution in [-0.4, -0.2) is 40.9 Å². The smallest absolute Gasteiger partial charge is 0.198 e. The first-order valence-electron chi connectivity index (χ1n) is 7.36. The van der Waals surface area contributed by atoms with E-state index in [-0.39, 0.29) is 29.2 Å². The summed E-state index contributed by atoms with van der Waals surface area (Å²) in [5.74, 6) is 0.0436. The van der Waals surface area contributed by atoms with Crippen LogP contribution in [0.15, 0.2) is 16.6 Å². The molecule has 3 aliphatic heterocycles. The third-order valence-electron chi connectivity index (χ3n) is 4.65. The molecule has 20 heavy (non-hydrogen) atoms. The van der Waals surface area contributed by atoms with Gasteiger partial charge in [-0.05, 0) is 57.7 Å². The highest BCUT2D eigenvalue weighted by molar-refractivity contribution is 6.64. The Morgan fingerprint density at radius 3 is 3.10 bits per heavy atom. The number of amidine groups is 1. The van der Waals surface area contributed by atoms with Gasteiger partial charge in [0, 0.05) is 17.6 Å². The van der Waals surface area contributed by atoms with Gasteiger partial charge in [-0.2, -0.15) is 4.99 Å². The molecular formula is C14H22ClFN4. The molecule has 0 saturated carbocycles. The minimum atomic E-state index is -0.263. The lowest BCUT2D eigenvalue weighted by Gasteiger charge is -2.48. The van der Waals surface area contributed by atoms with Crippen LogP contribution in [0.4, 0.5) is 4.39 Å². The first-order valence-corrected chi connectivity index (χ1v) is 7.73. The summed E-state index contributed by atoms with van der Waals surface area (Å²) in [4.78, 5) is 6.65. The Morgan fingerprint density at radius 2 is 2.30 bits per heavy atom. The zero-order chi connectivity index (χ0) is 14.3. The quantitative estimate of drug-likeness (QED) is 0.769. The maximum atomic E-state index is 13.8. The van der Waals surface area contributed by atoms with Gasteiger partial charge < -0.3 is 10.6 Å². The van der Waals surface area contributed by atoms with E-state index in [1.807, 2.05) is 0 Å². The van der Waals surface area contributed by atoms with E-state index in [0.717, 1.165) is 12.8 Å². The van der Waals surface area contributed by atoms with Crippen molar-refractivity contribution in [3.05, 3.63) is 11.6 Å². The molecule has 4 nitrogen and oxygen atoms in total. The SMILES string of the molecule is CC1(C)CC(NC2=C(F)CNC(Cl)=N2)CC2CCCN21. The number of halogens is 2. The standard InChI is InChI=1S/C14H22ClFN4/c1-14(2)7-9(6-10-4-3-5-20(10)14)18-12-11(16)8-17-13(15)19-12/h9-10,18H,3-8H2,1-2H3,(H,17,19). The van der Waals surface area contributed by atoms with E-state index in [4.69, 9.17) is 11.6 Å². The molecule has 0 amide bonds. The predicted octanol–water partition coefficient (Wildman–Crippen LogP) is 2.32. The number of nitrogens with zero attached hydrogens (tertiary/aromatic N) is 2. The lowest BCUT2D eigenvalue weighted by molar-refractivity contribution is 0.0398. The molecule has 112 valence electrons. The molecular weight excluding hydrogens is 279 g/mol. The molecule has 2 saturated heterocycles. The number of piperidine rings is 1. The van der Waals surface area contributed by atoms with E-state index in [9.17, 15) is 4.39 Å². The summed E-state index contributed by atoms with van der Waals surface area (Å²) < 4.78 is 13.8. The third-order valence-corrected chi connectivity index (χ3v) is 4.87. The normalized spacial score (nSPS) is 33.5. The van der Waals surface area contributed by atoms with Crippen molar-refractivity contribution in [1.29, 1.82) is 0 Å². The minimum Gasteiger partial charge on any atom is -0.365 e. The minimum absolute atomic E-state index is 0.121. The Kier molecular flexibility index (Phi) is 3.67. The highest BCUT2D eigenvalue weighted by atomic mass is 35.5. The van der Waals surface area contributed by atoms with E-state index < -0.39 is 0 Å². The fourth-order valence-corrected chi connectivity index (χ4v) is 4.01. The van der Waals surface area contributed by atoms with E-state index in [1.165, 1.54) is 19.4 Å². The van der Waals surface area contributed by atoms with Gasteiger partial charge in [0.25, 0.3) is 0 Å². The van der Waals surface area contributed by atoms with Crippen LogP contribution in [0, 0.1) is 0 Å². The van der Waals surface area contributed by atoms with Crippen LogP contribution in [0.5, 0.6) is 0 Å². The Labute approximate surface area is 124 Å². The van der Waals surface area contributed by atoms with Crippen molar-refractivity contribution in [3.63, 3.8) is 0 Å². The average Bonchev–Trinajstić information content (AvgIpc) is 2.82. The lowest BCUT2D eigenvalue weighted by Crippen LogP contribution is -2.56. The summed E-state index contributed by atoms with van der Waals surface area (Å²) in [6, 6.07) is 0.873. The molecule has 0 bridgehead atoms. The largest absolute Gasteiger partial charge is 0.365 e. The molecule has 2 N–H and O–H groups in total. The summed E-state index contributed by atoms with van der Waals surface area (Å²) in [6.07, 6.45) is 4.57. The molecule has 0 aromatic heterocycles. The molecule has 0 spiro atoms. The van der Waals surface area contributed by atoms with Gasteiger partial charge in [0.1, 0.15) is 0 Å². The molecule has 3 aliphatic rings. The lowest BCUT2D eigenvalue weighted by atomic mass is 9.84. The fraction of sp³-hybridized carbons (Fsp3) is 0.786. The van der Waals surface area contributed by atoms with Gasteiger partial charge in [0.15, 0.2) is 16.9 Å². The highest BCUT2D eigenvalue weighted by Crippen LogP contribution is 2.38. The summed E-state index contributed by atoms with van der Waals surface area (Å²) in [5, 5.41) is 6.21. The molecule has 0 radical (unpaired) electrons. The van der Waals surface area contributed by atoms with Gasteiger partial charge >= 0.3 is 0 Å². The summed E-state index contributed by atoms with van der Waals surface area (Å²) in [6.45, 7) is 5.87. The average molecular weight is 301 g/mol. The van der Waals surface area contributed by atoms with Gasteiger partial charge in [-0.15, -0.1) is 0 Å². The number of fused-ring (bicyclic) bond motifs is 1. The topological polar surface area (TPSA) is 39.7 Å². The second-order valence-electron chi connectivity index (χ2n) is 6.59. The second-order valence-corrected chi connectivity index (χ2v) is 6.95. The first kappa shape index (κ1) is 14.1. The highest BCUT2D eigenvalue weighted by Gasteiger charge is 2.43. The maximum Gasteiger partial charge on any atom is 0.198 e. The van der Waals surface area contributed by atoms with Gasteiger partial charge in [-0.3, -0.25) is 4.90 Å². The molecule has 6 heteroatoms. The molecule has 3 heterocycles. The van der Waals surface area contributed by atoms with E-state index >= 15 is 0 Å². The number of aliphatic imine (C=N–C) groups is 1. The Bertz CT molecular complexity index is 460. The molecule has 2 fully saturated rings.